The van der Waals surface area contributed by atoms with Crippen LogP contribution in [0.1, 0.15) is 44.2 Å². The Morgan fingerprint density at radius 1 is 1.33 bits per heavy atom. The molecule has 2 aliphatic heterocycles. The van der Waals surface area contributed by atoms with Gasteiger partial charge in [-0.3, -0.25) is 9.88 Å². The average Bonchev–Trinajstić information content (AvgIpc) is 2.83. The number of pyridine rings is 1. The highest BCUT2D eigenvalue weighted by atomic mass is 15.2. The Kier molecular flexibility index (Phi) is 3.62. The molecule has 0 saturated carbocycles. The van der Waals surface area contributed by atoms with E-state index in [-0.39, 0.29) is 0 Å². The standard InChI is InChI=1S/C15H23N3/c1-12(13-5-4-8-16-11-13)17-14-7-10-18-9-3-2-6-15(14)18/h4-5,8,11-12,14-15,17H,2-3,6-7,9-10H2,1H3. The van der Waals surface area contributed by atoms with Crippen molar-refractivity contribution in [3.05, 3.63) is 30.1 Å². The molecule has 98 valence electrons. The van der Waals surface area contributed by atoms with Crippen LogP contribution < -0.4 is 5.32 Å². The molecule has 0 aliphatic carbocycles. The van der Waals surface area contributed by atoms with Crippen molar-refractivity contribution in [2.24, 2.45) is 0 Å². The van der Waals surface area contributed by atoms with Crippen LogP contribution in [0.2, 0.25) is 0 Å². The van der Waals surface area contributed by atoms with Gasteiger partial charge in [-0.05, 0) is 44.4 Å². The molecule has 1 aromatic heterocycles. The van der Waals surface area contributed by atoms with Gasteiger partial charge in [-0.2, -0.15) is 0 Å². The van der Waals surface area contributed by atoms with Crippen LogP contribution >= 0.6 is 0 Å². The molecular weight excluding hydrogens is 222 g/mol. The van der Waals surface area contributed by atoms with Crippen LogP contribution in [0.15, 0.2) is 24.5 Å². The van der Waals surface area contributed by atoms with Gasteiger partial charge in [0.1, 0.15) is 0 Å². The molecule has 18 heavy (non-hydrogen) atoms. The third-order valence-corrected chi connectivity index (χ3v) is 4.50. The molecule has 0 amide bonds. The molecule has 1 N–H and O–H groups in total. The van der Waals surface area contributed by atoms with E-state index >= 15 is 0 Å². The van der Waals surface area contributed by atoms with Crippen LogP contribution in [-0.2, 0) is 0 Å². The molecule has 1 aromatic rings. The number of piperidine rings is 1. The number of aromatic nitrogens is 1. The Labute approximate surface area is 110 Å². The zero-order chi connectivity index (χ0) is 12.4. The van der Waals surface area contributed by atoms with Crippen molar-refractivity contribution in [3.8, 4) is 0 Å². The predicted octanol–water partition coefficient (Wildman–Crippen LogP) is 2.36. The Morgan fingerprint density at radius 3 is 3.11 bits per heavy atom. The van der Waals surface area contributed by atoms with E-state index in [2.05, 4.69) is 28.2 Å². The highest BCUT2D eigenvalue weighted by Crippen LogP contribution is 2.28. The second-order valence-corrected chi connectivity index (χ2v) is 5.67. The van der Waals surface area contributed by atoms with Crippen molar-refractivity contribution in [3.63, 3.8) is 0 Å². The topological polar surface area (TPSA) is 28.2 Å². The molecule has 0 aromatic carbocycles. The fourth-order valence-corrected chi connectivity index (χ4v) is 3.49. The molecule has 3 unspecified atom stereocenters. The Hall–Kier alpha value is -0.930. The highest BCUT2D eigenvalue weighted by molar-refractivity contribution is 5.13. The number of hydrogen-bond acceptors (Lipinski definition) is 3. The fraction of sp³-hybridized carbons (Fsp3) is 0.667. The summed E-state index contributed by atoms with van der Waals surface area (Å²) in [7, 11) is 0. The minimum Gasteiger partial charge on any atom is -0.306 e. The lowest BCUT2D eigenvalue weighted by Crippen LogP contribution is -2.45. The first kappa shape index (κ1) is 12.1. The summed E-state index contributed by atoms with van der Waals surface area (Å²) in [5.74, 6) is 0. The van der Waals surface area contributed by atoms with E-state index in [9.17, 15) is 0 Å². The maximum Gasteiger partial charge on any atom is 0.0315 e. The van der Waals surface area contributed by atoms with E-state index in [0.717, 1.165) is 6.04 Å². The quantitative estimate of drug-likeness (QED) is 0.886. The van der Waals surface area contributed by atoms with Crippen LogP contribution in [0.25, 0.3) is 0 Å². The maximum absolute atomic E-state index is 4.21. The normalized spacial score (nSPS) is 30.1. The van der Waals surface area contributed by atoms with Crippen LogP contribution in [0.3, 0.4) is 0 Å². The minimum atomic E-state index is 0.408. The van der Waals surface area contributed by atoms with E-state index in [4.69, 9.17) is 0 Å². The largest absolute Gasteiger partial charge is 0.306 e. The lowest BCUT2D eigenvalue weighted by Gasteiger charge is -2.33. The van der Waals surface area contributed by atoms with Gasteiger partial charge < -0.3 is 5.32 Å². The van der Waals surface area contributed by atoms with Gasteiger partial charge in [0.2, 0.25) is 0 Å². The van der Waals surface area contributed by atoms with Crippen molar-refractivity contribution in [2.45, 2.75) is 50.7 Å². The number of hydrogen-bond donors (Lipinski definition) is 1. The van der Waals surface area contributed by atoms with Gasteiger partial charge in [-0.1, -0.05) is 12.5 Å². The number of nitrogens with one attached hydrogen (secondary N) is 1. The summed E-state index contributed by atoms with van der Waals surface area (Å²) in [6.45, 7) is 4.84. The van der Waals surface area contributed by atoms with Gasteiger partial charge in [0, 0.05) is 37.1 Å². The van der Waals surface area contributed by atoms with Crippen molar-refractivity contribution in [1.82, 2.24) is 15.2 Å². The third kappa shape index (κ3) is 2.43. The zero-order valence-electron chi connectivity index (χ0n) is 11.2. The van der Waals surface area contributed by atoms with Gasteiger partial charge in [0.15, 0.2) is 0 Å². The minimum absolute atomic E-state index is 0.408. The first-order valence-corrected chi connectivity index (χ1v) is 7.24. The fourth-order valence-electron chi connectivity index (χ4n) is 3.49. The first-order valence-electron chi connectivity index (χ1n) is 7.24. The zero-order valence-corrected chi connectivity index (χ0v) is 11.2. The first-order chi connectivity index (χ1) is 8.84. The molecule has 0 spiro atoms. The molecule has 3 heteroatoms. The average molecular weight is 245 g/mol. The van der Waals surface area contributed by atoms with Gasteiger partial charge >= 0.3 is 0 Å². The summed E-state index contributed by atoms with van der Waals surface area (Å²) in [4.78, 5) is 6.89. The summed E-state index contributed by atoms with van der Waals surface area (Å²) >= 11 is 0. The van der Waals surface area contributed by atoms with Crippen molar-refractivity contribution >= 4 is 0 Å². The van der Waals surface area contributed by atoms with E-state index in [1.807, 2.05) is 18.5 Å². The van der Waals surface area contributed by atoms with Crippen molar-refractivity contribution in [1.29, 1.82) is 0 Å². The summed E-state index contributed by atoms with van der Waals surface area (Å²) < 4.78 is 0. The molecule has 3 atom stereocenters. The smallest absolute Gasteiger partial charge is 0.0315 e. The molecule has 2 aliphatic rings. The molecule has 2 saturated heterocycles. The van der Waals surface area contributed by atoms with E-state index in [1.165, 1.54) is 44.3 Å². The SMILES string of the molecule is CC(NC1CCN2CCCCC12)c1cccnc1. The third-order valence-electron chi connectivity index (χ3n) is 4.50. The van der Waals surface area contributed by atoms with Crippen molar-refractivity contribution in [2.75, 3.05) is 13.1 Å². The van der Waals surface area contributed by atoms with Crippen LogP contribution in [0.4, 0.5) is 0 Å². The number of nitrogens with zero attached hydrogens (tertiary/aromatic N) is 2. The summed E-state index contributed by atoms with van der Waals surface area (Å²) in [6.07, 6.45) is 9.29. The summed E-state index contributed by atoms with van der Waals surface area (Å²) in [6, 6.07) is 6.04. The van der Waals surface area contributed by atoms with Crippen molar-refractivity contribution < 1.29 is 0 Å². The summed E-state index contributed by atoms with van der Waals surface area (Å²) in [5.41, 5.74) is 1.30. The molecule has 0 bridgehead atoms. The molecule has 2 fully saturated rings. The van der Waals surface area contributed by atoms with E-state index in [1.54, 1.807) is 0 Å². The maximum atomic E-state index is 4.21. The molecule has 3 heterocycles. The Morgan fingerprint density at radius 2 is 2.28 bits per heavy atom. The second-order valence-electron chi connectivity index (χ2n) is 5.67. The van der Waals surface area contributed by atoms with Crippen LogP contribution in [0, 0.1) is 0 Å². The molecular formula is C15H23N3. The number of rotatable bonds is 3. The lowest BCUT2D eigenvalue weighted by molar-refractivity contribution is 0.177. The van der Waals surface area contributed by atoms with Gasteiger partial charge in [0.25, 0.3) is 0 Å². The second kappa shape index (κ2) is 5.37. The van der Waals surface area contributed by atoms with Gasteiger partial charge in [-0.15, -0.1) is 0 Å². The van der Waals surface area contributed by atoms with Gasteiger partial charge in [-0.25, -0.2) is 0 Å². The highest BCUT2D eigenvalue weighted by Gasteiger charge is 2.35. The van der Waals surface area contributed by atoms with E-state index in [0.29, 0.717) is 12.1 Å². The van der Waals surface area contributed by atoms with E-state index < -0.39 is 0 Å². The number of fused-ring (bicyclic) bond motifs is 1. The summed E-state index contributed by atoms with van der Waals surface area (Å²) in [5, 5.41) is 3.81. The predicted molar refractivity (Wildman–Crippen MR) is 73.4 cm³/mol. The monoisotopic (exact) mass is 245 g/mol. The molecule has 3 rings (SSSR count). The molecule has 0 radical (unpaired) electrons. The Balaban J connectivity index is 1.63. The van der Waals surface area contributed by atoms with Crippen LogP contribution in [0.5, 0.6) is 0 Å². The lowest BCUT2D eigenvalue weighted by atomic mass is 9.98. The van der Waals surface area contributed by atoms with Gasteiger partial charge in [0.05, 0.1) is 0 Å². The Bertz CT molecular complexity index is 379. The van der Waals surface area contributed by atoms with Crippen LogP contribution in [-0.4, -0.2) is 35.1 Å². The molecule has 3 nitrogen and oxygen atoms in total.